The highest BCUT2D eigenvalue weighted by molar-refractivity contribution is 6.18. The van der Waals surface area contributed by atoms with Gasteiger partial charge in [-0.25, -0.2) is 4.98 Å². The molecule has 1 aliphatic carbocycles. The lowest BCUT2D eigenvalue weighted by atomic mass is 9.91. The van der Waals surface area contributed by atoms with Gasteiger partial charge in [0.25, 0.3) is 0 Å². The fourth-order valence-corrected chi connectivity index (χ4v) is 7.10. The molecular formula is C45H29N. The van der Waals surface area contributed by atoms with Crippen LogP contribution in [0.5, 0.6) is 0 Å². The molecule has 0 amide bonds. The van der Waals surface area contributed by atoms with Crippen LogP contribution in [0, 0.1) is 0 Å². The Morgan fingerprint density at radius 2 is 0.761 bits per heavy atom. The number of hydrogen-bond donors (Lipinski definition) is 0. The summed E-state index contributed by atoms with van der Waals surface area (Å²) in [6.45, 7) is 0. The summed E-state index contributed by atoms with van der Waals surface area (Å²) < 4.78 is 0. The van der Waals surface area contributed by atoms with Gasteiger partial charge in [-0.3, -0.25) is 0 Å². The zero-order valence-electron chi connectivity index (χ0n) is 25.2. The molecule has 46 heavy (non-hydrogen) atoms. The van der Waals surface area contributed by atoms with E-state index in [0.29, 0.717) is 0 Å². The van der Waals surface area contributed by atoms with Crippen LogP contribution in [0.1, 0.15) is 0 Å². The first kappa shape index (κ1) is 26.4. The molecule has 0 saturated heterocycles. The number of nitrogens with zero attached hydrogens (tertiary/aromatic N) is 1. The molecule has 7 aromatic carbocycles. The van der Waals surface area contributed by atoms with Crippen molar-refractivity contribution in [3.63, 3.8) is 0 Å². The Kier molecular flexibility index (Phi) is 6.21. The molecule has 1 heteroatoms. The van der Waals surface area contributed by atoms with Crippen LogP contribution in [-0.4, -0.2) is 4.98 Å². The third-order valence-electron chi connectivity index (χ3n) is 9.24. The summed E-state index contributed by atoms with van der Waals surface area (Å²) >= 11 is 0. The van der Waals surface area contributed by atoms with Gasteiger partial charge in [0.1, 0.15) is 0 Å². The molecule has 214 valence electrons. The summed E-state index contributed by atoms with van der Waals surface area (Å²) in [4.78, 5) is 5.25. The first-order valence-corrected chi connectivity index (χ1v) is 15.8. The highest BCUT2D eigenvalue weighted by atomic mass is 14.7. The van der Waals surface area contributed by atoms with Crippen LogP contribution in [0.15, 0.2) is 176 Å². The van der Waals surface area contributed by atoms with Gasteiger partial charge >= 0.3 is 0 Å². The second-order valence-electron chi connectivity index (χ2n) is 11.9. The number of fused-ring (bicyclic) bond motifs is 3. The quantitative estimate of drug-likeness (QED) is 0.196. The van der Waals surface area contributed by atoms with Crippen LogP contribution >= 0.6 is 0 Å². The Morgan fingerprint density at radius 1 is 0.261 bits per heavy atom. The topological polar surface area (TPSA) is 12.9 Å². The summed E-state index contributed by atoms with van der Waals surface area (Å²) in [5.41, 5.74) is 16.6. The van der Waals surface area contributed by atoms with E-state index in [0.717, 1.165) is 28.1 Å². The van der Waals surface area contributed by atoms with E-state index in [4.69, 9.17) is 4.98 Å². The van der Waals surface area contributed by atoms with Crippen LogP contribution < -0.4 is 0 Å². The van der Waals surface area contributed by atoms with Gasteiger partial charge in [-0.05, 0) is 84.6 Å². The number of benzene rings is 7. The van der Waals surface area contributed by atoms with Crippen LogP contribution in [0.3, 0.4) is 0 Å². The molecular weight excluding hydrogens is 555 g/mol. The van der Waals surface area contributed by atoms with Gasteiger partial charge in [-0.2, -0.15) is 0 Å². The number of rotatable bonds is 5. The van der Waals surface area contributed by atoms with Crippen molar-refractivity contribution in [2.24, 2.45) is 0 Å². The Hall–Kier alpha value is -6.05. The third-order valence-corrected chi connectivity index (χ3v) is 9.24. The monoisotopic (exact) mass is 583 g/mol. The van der Waals surface area contributed by atoms with Crippen molar-refractivity contribution in [2.75, 3.05) is 0 Å². The van der Waals surface area contributed by atoms with Crippen LogP contribution in [0.4, 0.5) is 0 Å². The van der Waals surface area contributed by atoms with Gasteiger partial charge in [-0.15, -0.1) is 0 Å². The van der Waals surface area contributed by atoms with Gasteiger partial charge < -0.3 is 0 Å². The summed E-state index contributed by atoms with van der Waals surface area (Å²) in [6, 6.07) is 63.2. The number of aromatic nitrogens is 1. The molecule has 0 N–H and O–H groups in total. The molecule has 0 aliphatic heterocycles. The molecule has 0 spiro atoms. The van der Waals surface area contributed by atoms with E-state index in [-0.39, 0.29) is 0 Å². The lowest BCUT2D eigenvalue weighted by Crippen LogP contribution is -1.93. The van der Waals surface area contributed by atoms with Crippen molar-refractivity contribution >= 4 is 10.8 Å². The molecule has 1 aliphatic rings. The van der Waals surface area contributed by atoms with Crippen molar-refractivity contribution < 1.29 is 0 Å². The summed E-state index contributed by atoms with van der Waals surface area (Å²) in [5, 5.41) is 2.64. The van der Waals surface area contributed by atoms with E-state index < -0.39 is 0 Å². The predicted molar refractivity (Wildman–Crippen MR) is 193 cm³/mol. The first-order valence-electron chi connectivity index (χ1n) is 15.8. The maximum absolute atomic E-state index is 5.25. The molecule has 9 rings (SSSR count). The van der Waals surface area contributed by atoms with Gasteiger partial charge in [0.05, 0.1) is 11.4 Å². The van der Waals surface area contributed by atoms with Gasteiger partial charge in [0.15, 0.2) is 0 Å². The average Bonchev–Trinajstić information content (AvgIpc) is 3.47. The SMILES string of the molecule is c1ccc(-c2cc(-c3ccccc3)nc(-c3ccccc3-c3cccc(-c4ccc5c6c(cccc46)-c4ccccc4-5)c3)c2)cc1. The second-order valence-corrected chi connectivity index (χ2v) is 11.9. The van der Waals surface area contributed by atoms with E-state index >= 15 is 0 Å². The molecule has 1 nitrogen and oxygen atoms in total. The molecule has 0 fully saturated rings. The molecule has 0 radical (unpaired) electrons. The zero-order chi connectivity index (χ0) is 30.5. The smallest absolute Gasteiger partial charge is 0.0721 e. The van der Waals surface area contributed by atoms with Crippen molar-refractivity contribution in [3.05, 3.63) is 176 Å². The average molecular weight is 584 g/mol. The predicted octanol–water partition coefficient (Wildman–Crippen LogP) is 12.2. The number of hydrogen-bond acceptors (Lipinski definition) is 1. The summed E-state index contributed by atoms with van der Waals surface area (Å²) in [7, 11) is 0. The first-order chi connectivity index (χ1) is 22.8. The Bertz CT molecular complexity index is 2320. The fraction of sp³-hybridized carbons (Fsp3) is 0. The molecule has 0 bridgehead atoms. The third kappa shape index (κ3) is 4.37. The van der Waals surface area contributed by atoms with Crippen LogP contribution in [0.2, 0.25) is 0 Å². The molecule has 8 aromatic rings. The highest BCUT2D eigenvalue weighted by Gasteiger charge is 2.22. The normalized spacial score (nSPS) is 11.5. The highest BCUT2D eigenvalue weighted by Crippen LogP contribution is 2.49. The molecule has 0 unspecified atom stereocenters. The van der Waals surface area contributed by atoms with E-state index in [2.05, 4.69) is 176 Å². The van der Waals surface area contributed by atoms with E-state index in [9.17, 15) is 0 Å². The van der Waals surface area contributed by atoms with E-state index in [1.54, 1.807) is 0 Å². The van der Waals surface area contributed by atoms with Crippen molar-refractivity contribution in [3.8, 4) is 78.1 Å². The lowest BCUT2D eigenvalue weighted by Gasteiger charge is -2.15. The van der Waals surface area contributed by atoms with Crippen molar-refractivity contribution in [1.29, 1.82) is 0 Å². The molecule has 0 atom stereocenters. The number of pyridine rings is 1. The Morgan fingerprint density at radius 3 is 1.50 bits per heavy atom. The van der Waals surface area contributed by atoms with Gasteiger partial charge in [0, 0.05) is 11.1 Å². The Labute approximate surface area is 269 Å². The maximum atomic E-state index is 5.25. The summed E-state index contributed by atoms with van der Waals surface area (Å²) in [6.07, 6.45) is 0. The van der Waals surface area contributed by atoms with Crippen LogP contribution in [0.25, 0.3) is 88.9 Å². The van der Waals surface area contributed by atoms with Gasteiger partial charge in [-0.1, -0.05) is 158 Å². The van der Waals surface area contributed by atoms with Crippen molar-refractivity contribution in [1.82, 2.24) is 4.98 Å². The summed E-state index contributed by atoms with van der Waals surface area (Å²) in [5.74, 6) is 0. The standard InChI is InChI=1S/C45H29N/c1-3-13-30(14-4-1)34-28-43(31-15-5-2-6-16-31)46-44(29-34)39-22-10-7-19-35(39)32-17-11-18-33(27-32)36-25-26-42-38-21-9-8-20-37(38)41-24-12-23-40(36)45(41)42/h1-29H. The van der Waals surface area contributed by atoms with E-state index in [1.165, 1.54) is 60.8 Å². The Balaban J connectivity index is 1.19. The largest absolute Gasteiger partial charge is 0.248 e. The van der Waals surface area contributed by atoms with Crippen molar-refractivity contribution in [2.45, 2.75) is 0 Å². The maximum Gasteiger partial charge on any atom is 0.0721 e. The minimum absolute atomic E-state index is 0.962. The molecule has 1 aromatic heterocycles. The molecule has 0 saturated carbocycles. The lowest BCUT2D eigenvalue weighted by molar-refractivity contribution is 1.32. The minimum atomic E-state index is 0.962. The van der Waals surface area contributed by atoms with Crippen LogP contribution in [-0.2, 0) is 0 Å². The molecule has 1 heterocycles. The minimum Gasteiger partial charge on any atom is -0.248 e. The van der Waals surface area contributed by atoms with E-state index in [1.807, 2.05) is 0 Å². The zero-order valence-corrected chi connectivity index (χ0v) is 25.2. The second kappa shape index (κ2) is 10.8. The van der Waals surface area contributed by atoms with Gasteiger partial charge in [0.2, 0.25) is 0 Å². The fourth-order valence-electron chi connectivity index (χ4n) is 7.10.